The Balaban J connectivity index is 2.06. The molecule has 3 rings (SSSR count). The highest BCUT2D eigenvalue weighted by Gasteiger charge is 2.24. The van der Waals surface area contributed by atoms with Crippen LogP contribution < -0.4 is 0 Å². The fraction of sp³-hybridized carbons (Fsp3) is 0.357. The van der Waals surface area contributed by atoms with E-state index in [0.717, 1.165) is 0 Å². The minimum atomic E-state index is -0.332. The van der Waals surface area contributed by atoms with Gasteiger partial charge in [-0.2, -0.15) is 0 Å². The monoisotopic (exact) mass is 262 g/mol. The van der Waals surface area contributed by atoms with Crippen molar-refractivity contribution in [2.75, 3.05) is 26.3 Å². The molecule has 1 fully saturated rings. The van der Waals surface area contributed by atoms with Crippen LogP contribution in [0.2, 0.25) is 0 Å². The number of fused-ring (bicyclic) bond motifs is 1. The van der Waals surface area contributed by atoms with Crippen LogP contribution in [0.1, 0.15) is 16.1 Å². The van der Waals surface area contributed by atoms with Gasteiger partial charge in [0.2, 0.25) is 0 Å². The van der Waals surface area contributed by atoms with E-state index in [1.165, 1.54) is 6.07 Å². The van der Waals surface area contributed by atoms with Crippen molar-refractivity contribution in [3.63, 3.8) is 0 Å². The van der Waals surface area contributed by atoms with Gasteiger partial charge in [0.25, 0.3) is 5.91 Å². The van der Waals surface area contributed by atoms with Crippen molar-refractivity contribution in [1.29, 1.82) is 0 Å². The van der Waals surface area contributed by atoms with Gasteiger partial charge in [0.15, 0.2) is 0 Å². The summed E-state index contributed by atoms with van der Waals surface area (Å²) in [5.74, 6) is -0.390. The van der Waals surface area contributed by atoms with E-state index in [2.05, 4.69) is 4.98 Å². The Morgan fingerprint density at radius 2 is 2.11 bits per heavy atom. The summed E-state index contributed by atoms with van der Waals surface area (Å²) in [5.41, 5.74) is 1.67. The zero-order valence-electron chi connectivity index (χ0n) is 10.7. The number of aromatic nitrogens is 1. The maximum absolute atomic E-state index is 13.7. The van der Waals surface area contributed by atoms with E-state index in [-0.39, 0.29) is 11.7 Å². The summed E-state index contributed by atoms with van der Waals surface area (Å²) >= 11 is 0. The van der Waals surface area contributed by atoms with Crippen molar-refractivity contribution >= 4 is 16.8 Å². The zero-order chi connectivity index (χ0) is 13.4. The van der Waals surface area contributed by atoms with Crippen LogP contribution in [0.25, 0.3) is 10.9 Å². The minimum Gasteiger partial charge on any atom is -0.378 e. The van der Waals surface area contributed by atoms with E-state index in [0.29, 0.717) is 48.5 Å². The minimum absolute atomic E-state index is 0.0577. The smallest absolute Gasteiger partial charge is 0.256 e. The van der Waals surface area contributed by atoms with E-state index in [1.54, 1.807) is 24.0 Å². The highest BCUT2D eigenvalue weighted by molar-refractivity contribution is 6.08. The molecule has 4 nitrogen and oxygen atoms in total. The summed E-state index contributed by atoms with van der Waals surface area (Å²) < 4.78 is 19.0. The molecule has 0 bridgehead atoms. The van der Waals surface area contributed by atoms with Crippen LogP contribution in [0, 0.1) is 12.7 Å². The van der Waals surface area contributed by atoms with Crippen LogP contribution in [-0.2, 0) is 4.74 Å². The molecule has 0 aliphatic carbocycles. The molecule has 1 aromatic carbocycles. The number of benzene rings is 1. The molecule has 0 radical (unpaired) electrons. The van der Waals surface area contributed by atoms with Gasteiger partial charge >= 0.3 is 0 Å². The van der Waals surface area contributed by atoms with Gasteiger partial charge in [0.1, 0.15) is 5.82 Å². The lowest BCUT2D eigenvalue weighted by atomic mass is 10.1. The lowest BCUT2D eigenvalue weighted by molar-refractivity contribution is 0.0303. The zero-order valence-corrected chi connectivity index (χ0v) is 10.7. The first-order valence-electron chi connectivity index (χ1n) is 6.32. The number of ether oxygens (including phenoxy) is 1. The van der Waals surface area contributed by atoms with Crippen LogP contribution in [0.15, 0.2) is 18.2 Å². The number of nitrogens with zero attached hydrogens (tertiary/aromatic N) is 1. The predicted octanol–water partition coefficient (Wildman–Crippen LogP) is 2.09. The van der Waals surface area contributed by atoms with Crippen LogP contribution in [0.3, 0.4) is 0 Å². The van der Waals surface area contributed by atoms with E-state index < -0.39 is 0 Å². The normalized spacial score (nSPS) is 16.0. The number of carbonyl (C=O) groups is 1. The van der Waals surface area contributed by atoms with Crippen molar-refractivity contribution in [2.45, 2.75) is 6.92 Å². The Morgan fingerprint density at radius 1 is 1.37 bits per heavy atom. The molecule has 0 unspecified atom stereocenters. The number of para-hydroxylation sites is 1. The summed E-state index contributed by atoms with van der Waals surface area (Å²) in [6.45, 7) is 4.08. The average molecular weight is 262 g/mol. The SMILES string of the molecule is Cc1[nH]c2c(F)cccc2c1C(=O)N1CCOCC1. The largest absolute Gasteiger partial charge is 0.378 e. The van der Waals surface area contributed by atoms with E-state index >= 15 is 0 Å². The van der Waals surface area contributed by atoms with Crippen LogP contribution in [0.5, 0.6) is 0 Å². The van der Waals surface area contributed by atoms with Gasteiger partial charge < -0.3 is 14.6 Å². The number of H-pyrrole nitrogens is 1. The average Bonchev–Trinajstić information content (AvgIpc) is 2.77. The first kappa shape index (κ1) is 12.2. The Labute approximate surface area is 110 Å². The molecule has 1 saturated heterocycles. The van der Waals surface area contributed by atoms with Gasteiger partial charge in [0.05, 0.1) is 24.3 Å². The van der Waals surface area contributed by atoms with Crippen molar-refractivity contribution in [2.24, 2.45) is 0 Å². The second-order valence-electron chi connectivity index (χ2n) is 4.69. The van der Waals surface area contributed by atoms with Gasteiger partial charge in [-0.05, 0) is 13.0 Å². The molecule has 5 heteroatoms. The van der Waals surface area contributed by atoms with Crippen LogP contribution in [-0.4, -0.2) is 42.1 Å². The molecule has 1 amide bonds. The van der Waals surface area contributed by atoms with Crippen molar-refractivity contribution in [3.05, 3.63) is 35.3 Å². The summed E-state index contributed by atoms with van der Waals surface area (Å²) in [7, 11) is 0. The third-order valence-electron chi connectivity index (χ3n) is 3.48. The molecule has 0 atom stereocenters. The summed E-state index contributed by atoms with van der Waals surface area (Å²) in [4.78, 5) is 17.3. The number of halogens is 1. The van der Waals surface area contributed by atoms with Crippen molar-refractivity contribution < 1.29 is 13.9 Å². The van der Waals surface area contributed by atoms with Crippen LogP contribution >= 0.6 is 0 Å². The number of morpholine rings is 1. The van der Waals surface area contributed by atoms with Crippen molar-refractivity contribution in [1.82, 2.24) is 9.88 Å². The molecule has 100 valence electrons. The number of aromatic amines is 1. The second kappa shape index (κ2) is 4.66. The summed E-state index contributed by atoms with van der Waals surface area (Å²) in [6, 6.07) is 4.79. The quantitative estimate of drug-likeness (QED) is 0.855. The predicted molar refractivity (Wildman–Crippen MR) is 69.7 cm³/mol. The number of nitrogens with one attached hydrogen (secondary N) is 1. The number of aryl methyl sites for hydroxylation is 1. The molecule has 1 N–H and O–H groups in total. The molecule has 2 heterocycles. The summed E-state index contributed by atoms with van der Waals surface area (Å²) in [6.07, 6.45) is 0. The standard InChI is InChI=1S/C14H15FN2O2/c1-9-12(14(18)17-5-7-19-8-6-17)10-3-2-4-11(15)13(10)16-9/h2-4,16H,5-8H2,1H3. The van der Waals surface area contributed by atoms with Gasteiger partial charge in [-0.3, -0.25) is 4.79 Å². The number of rotatable bonds is 1. The fourth-order valence-electron chi connectivity index (χ4n) is 2.51. The molecular formula is C14H15FN2O2. The van der Waals surface area contributed by atoms with E-state index in [1.807, 2.05) is 0 Å². The molecule has 0 spiro atoms. The summed E-state index contributed by atoms with van der Waals surface area (Å²) in [5, 5.41) is 0.647. The second-order valence-corrected chi connectivity index (χ2v) is 4.69. The fourth-order valence-corrected chi connectivity index (χ4v) is 2.51. The maximum Gasteiger partial charge on any atom is 0.256 e. The third kappa shape index (κ3) is 2.00. The lowest BCUT2D eigenvalue weighted by Crippen LogP contribution is -2.40. The first-order chi connectivity index (χ1) is 9.18. The maximum atomic E-state index is 13.7. The molecule has 1 aliphatic heterocycles. The Kier molecular flexibility index (Phi) is 2.98. The number of hydrogen-bond donors (Lipinski definition) is 1. The molecule has 2 aromatic rings. The van der Waals surface area contributed by atoms with Gasteiger partial charge in [-0.25, -0.2) is 4.39 Å². The third-order valence-corrected chi connectivity index (χ3v) is 3.48. The highest BCUT2D eigenvalue weighted by atomic mass is 19.1. The van der Waals surface area contributed by atoms with E-state index in [4.69, 9.17) is 4.74 Å². The Bertz CT molecular complexity index is 630. The van der Waals surface area contributed by atoms with Gasteiger partial charge in [0, 0.05) is 24.2 Å². The van der Waals surface area contributed by atoms with Gasteiger partial charge in [-0.1, -0.05) is 12.1 Å². The van der Waals surface area contributed by atoms with Gasteiger partial charge in [-0.15, -0.1) is 0 Å². The molecular weight excluding hydrogens is 247 g/mol. The molecule has 0 saturated carbocycles. The van der Waals surface area contributed by atoms with E-state index in [9.17, 15) is 9.18 Å². The molecule has 1 aliphatic rings. The number of carbonyl (C=O) groups excluding carboxylic acids is 1. The number of hydrogen-bond acceptors (Lipinski definition) is 2. The molecule has 19 heavy (non-hydrogen) atoms. The molecule has 1 aromatic heterocycles. The topological polar surface area (TPSA) is 45.3 Å². The highest BCUT2D eigenvalue weighted by Crippen LogP contribution is 2.25. The van der Waals surface area contributed by atoms with Crippen LogP contribution in [0.4, 0.5) is 4.39 Å². The Morgan fingerprint density at radius 3 is 2.84 bits per heavy atom. The Hall–Kier alpha value is -1.88. The lowest BCUT2D eigenvalue weighted by Gasteiger charge is -2.27. The van der Waals surface area contributed by atoms with Crippen molar-refractivity contribution in [3.8, 4) is 0 Å². The first-order valence-corrected chi connectivity index (χ1v) is 6.32. The number of amides is 1.